The first-order valence-corrected chi connectivity index (χ1v) is 8.50. The van der Waals surface area contributed by atoms with Crippen LogP contribution in [0.3, 0.4) is 0 Å². The standard InChI is InChI=1S/C15H20Br2O4/c1-2-3-4-19-5-6-20-7-8-21-15-13(16)9-12(11-18)10-14(15)17/h9-11H,2-8H2,1H3. The lowest BCUT2D eigenvalue weighted by Crippen LogP contribution is -2.11. The molecule has 0 heterocycles. The minimum atomic E-state index is 0.437. The first kappa shape index (κ1) is 18.6. The molecule has 0 N–H and O–H groups in total. The predicted molar refractivity (Wildman–Crippen MR) is 89.3 cm³/mol. The van der Waals surface area contributed by atoms with Crippen molar-refractivity contribution in [2.75, 3.05) is 33.0 Å². The molecule has 0 aliphatic heterocycles. The molecule has 1 aromatic carbocycles. The zero-order chi connectivity index (χ0) is 15.5. The van der Waals surface area contributed by atoms with Crippen molar-refractivity contribution in [3.63, 3.8) is 0 Å². The topological polar surface area (TPSA) is 44.8 Å². The molecular weight excluding hydrogens is 404 g/mol. The highest BCUT2D eigenvalue weighted by molar-refractivity contribution is 9.11. The van der Waals surface area contributed by atoms with Gasteiger partial charge in [-0.25, -0.2) is 0 Å². The molecule has 0 aliphatic carbocycles. The average Bonchev–Trinajstić information content (AvgIpc) is 2.47. The van der Waals surface area contributed by atoms with E-state index in [9.17, 15) is 4.79 Å². The second-order valence-electron chi connectivity index (χ2n) is 4.36. The van der Waals surface area contributed by atoms with Crippen molar-refractivity contribution in [1.82, 2.24) is 0 Å². The summed E-state index contributed by atoms with van der Waals surface area (Å²) in [6.45, 7) is 5.04. The Morgan fingerprint density at radius 2 is 1.57 bits per heavy atom. The summed E-state index contributed by atoms with van der Waals surface area (Å²) in [5.74, 6) is 0.670. The van der Waals surface area contributed by atoms with Gasteiger partial charge in [0, 0.05) is 12.2 Å². The largest absolute Gasteiger partial charge is 0.489 e. The Kier molecular flexibility index (Phi) is 9.91. The first-order chi connectivity index (χ1) is 10.2. The number of unbranched alkanes of at least 4 members (excludes halogenated alkanes) is 1. The zero-order valence-electron chi connectivity index (χ0n) is 12.1. The van der Waals surface area contributed by atoms with Crippen LogP contribution in [0.5, 0.6) is 5.75 Å². The fraction of sp³-hybridized carbons (Fsp3) is 0.533. The van der Waals surface area contributed by atoms with Crippen LogP contribution in [0.2, 0.25) is 0 Å². The number of carbonyl (C=O) groups excluding carboxylic acids is 1. The van der Waals surface area contributed by atoms with Gasteiger partial charge in [0.1, 0.15) is 18.6 Å². The summed E-state index contributed by atoms with van der Waals surface area (Å²) in [6, 6.07) is 3.44. The Labute approximate surface area is 142 Å². The second kappa shape index (κ2) is 11.2. The maximum absolute atomic E-state index is 10.7. The van der Waals surface area contributed by atoms with Gasteiger partial charge in [-0.2, -0.15) is 0 Å². The van der Waals surface area contributed by atoms with E-state index in [1.54, 1.807) is 12.1 Å². The lowest BCUT2D eigenvalue weighted by molar-refractivity contribution is 0.0354. The van der Waals surface area contributed by atoms with Gasteiger partial charge in [0.2, 0.25) is 0 Å². The summed E-state index contributed by atoms with van der Waals surface area (Å²) >= 11 is 6.76. The van der Waals surface area contributed by atoms with E-state index in [4.69, 9.17) is 14.2 Å². The van der Waals surface area contributed by atoms with Crippen molar-refractivity contribution < 1.29 is 19.0 Å². The SMILES string of the molecule is CCCCOCCOCCOc1c(Br)cc(C=O)cc1Br. The van der Waals surface area contributed by atoms with E-state index < -0.39 is 0 Å². The number of benzene rings is 1. The number of carbonyl (C=O) groups is 1. The number of ether oxygens (including phenoxy) is 3. The summed E-state index contributed by atoms with van der Waals surface area (Å²) in [4.78, 5) is 10.7. The van der Waals surface area contributed by atoms with E-state index in [0.717, 1.165) is 34.7 Å². The van der Waals surface area contributed by atoms with Crippen LogP contribution in [-0.2, 0) is 9.47 Å². The molecular formula is C15H20Br2O4. The van der Waals surface area contributed by atoms with Crippen LogP contribution in [0.25, 0.3) is 0 Å². The summed E-state index contributed by atoms with van der Waals surface area (Å²) in [5.41, 5.74) is 0.585. The van der Waals surface area contributed by atoms with Gasteiger partial charge in [0.05, 0.1) is 28.8 Å². The smallest absolute Gasteiger partial charge is 0.150 e. The fourth-order valence-electron chi connectivity index (χ4n) is 1.56. The van der Waals surface area contributed by atoms with Gasteiger partial charge in [-0.05, 0) is 50.4 Å². The quantitative estimate of drug-likeness (QED) is 0.394. The third-order valence-corrected chi connectivity index (χ3v) is 3.82. The molecule has 0 atom stereocenters. The summed E-state index contributed by atoms with van der Waals surface area (Å²) in [7, 11) is 0. The number of halogens is 2. The number of hydrogen-bond acceptors (Lipinski definition) is 4. The molecule has 0 unspecified atom stereocenters. The van der Waals surface area contributed by atoms with Crippen molar-refractivity contribution >= 4 is 38.1 Å². The third-order valence-electron chi connectivity index (χ3n) is 2.65. The molecule has 0 aromatic heterocycles. The summed E-state index contributed by atoms with van der Waals surface area (Å²) in [5, 5.41) is 0. The lowest BCUT2D eigenvalue weighted by atomic mass is 10.2. The van der Waals surface area contributed by atoms with Gasteiger partial charge < -0.3 is 14.2 Å². The monoisotopic (exact) mass is 422 g/mol. The van der Waals surface area contributed by atoms with Crippen LogP contribution in [0.15, 0.2) is 21.1 Å². The van der Waals surface area contributed by atoms with Gasteiger partial charge in [0.25, 0.3) is 0 Å². The zero-order valence-corrected chi connectivity index (χ0v) is 15.2. The van der Waals surface area contributed by atoms with Gasteiger partial charge >= 0.3 is 0 Å². The van der Waals surface area contributed by atoms with E-state index in [-0.39, 0.29) is 0 Å². The van der Waals surface area contributed by atoms with E-state index >= 15 is 0 Å². The molecule has 0 bridgehead atoms. The van der Waals surface area contributed by atoms with Crippen LogP contribution in [0.1, 0.15) is 30.1 Å². The fourth-order valence-corrected chi connectivity index (χ4v) is 3.01. The van der Waals surface area contributed by atoms with E-state index in [2.05, 4.69) is 38.8 Å². The Balaban J connectivity index is 2.20. The van der Waals surface area contributed by atoms with Crippen LogP contribution in [-0.4, -0.2) is 39.3 Å². The Morgan fingerprint density at radius 3 is 2.14 bits per heavy atom. The molecule has 0 saturated heterocycles. The highest BCUT2D eigenvalue weighted by Crippen LogP contribution is 2.34. The molecule has 118 valence electrons. The number of hydrogen-bond donors (Lipinski definition) is 0. The highest BCUT2D eigenvalue weighted by atomic mass is 79.9. The molecule has 0 saturated carbocycles. The number of rotatable bonds is 11. The molecule has 6 heteroatoms. The van der Waals surface area contributed by atoms with Gasteiger partial charge in [0.15, 0.2) is 0 Å². The second-order valence-corrected chi connectivity index (χ2v) is 6.07. The van der Waals surface area contributed by atoms with E-state index in [0.29, 0.717) is 37.7 Å². The normalized spacial score (nSPS) is 10.6. The molecule has 1 rings (SSSR count). The van der Waals surface area contributed by atoms with Crippen molar-refractivity contribution in [1.29, 1.82) is 0 Å². The van der Waals surface area contributed by atoms with Crippen molar-refractivity contribution in [2.45, 2.75) is 19.8 Å². The van der Waals surface area contributed by atoms with Crippen LogP contribution in [0, 0.1) is 0 Å². The van der Waals surface area contributed by atoms with Crippen molar-refractivity contribution in [2.24, 2.45) is 0 Å². The van der Waals surface area contributed by atoms with Crippen molar-refractivity contribution in [3.05, 3.63) is 26.6 Å². The molecule has 21 heavy (non-hydrogen) atoms. The Bertz CT molecular complexity index is 415. The minimum Gasteiger partial charge on any atom is -0.489 e. The number of aldehydes is 1. The maximum Gasteiger partial charge on any atom is 0.150 e. The van der Waals surface area contributed by atoms with Crippen LogP contribution in [0.4, 0.5) is 0 Å². The van der Waals surface area contributed by atoms with Gasteiger partial charge in [-0.15, -0.1) is 0 Å². The predicted octanol–water partition coefficient (Wildman–Crippen LogP) is 4.24. The van der Waals surface area contributed by atoms with E-state index in [1.165, 1.54) is 0 Å². The maximum atomic E-state index is 10.7. The lowest BCUT2D eigenvalue weighted by Gasteiger charge is -2.11. The van der Waals surface area contributed by atoms with E-state index in [1.807, 2.05) is 0 Å². The Hall–Kier alpha value is -0.430. The minimum absolute atomic E-state index is 0.437. The molecule has 0 fully saturated rings. The highest BCUT2D eigenvalue weighted by Gasteiger charge is 2.08. The average molecular weight is 424 g/mol. The van der Waals surface area contributed by atoms with Gasteiger partial charge in [-0.1, -0.05) is 13.3 Å². The van der Waals surface area contributed by atoms with Crippen LogP contribution < -0.4 is 4.74 Å². The molecule has 0 amide bonds. The Morgan fingerprint density at radius 1 is 1.00 bits per heavy atom. The molecule has 4 nitrogen and oxygen atoms in total. The van der Waals surface area contributed by atoms with Crippen molar-refractivity contribution in [3.8, 4) is 5.75 Å². The van der Waals surface area contributed by atoms with Gasteiger partial charge in [-0.3, -0.25) is 4.79 Å². The first-order valence-electron chi connectivity index (χ1n) is 6.91. The molecule has 0 radical (unpaired) electrons. The molecule has 0 spiro atoms. The third kappa shape index (κ3) is 7.40. The molecule has 1 aromatic rings. The summed E-state index contributed by atoms with van der Waals surface area (Å²) in [6.07, 6.45) is 3.02. The van der Waals surface area contributed by atoms with Crippen LogP contribution >= 0.6 is 31.9 Å². The summed E-state index contributed by atoms with van der Waals surface area (Å²) < 4.78 is 17.9. The molecule has 0 aliphatic rings.